The number of alkyl halides is 3. The minimum Gasteiger partial charge on any atom is -0.444 e. The van der Waals surface area contributed by atoms with Crippen LogP contribution in [0.4, 0.5) is 18.0 Å². The first-order valence-electron chi connectivity index (χ1n) is 11.0. The lowest BCUT2D eigenvalue weighted by atomic mass is 10.0. The van der Waals surface area contributed by atoms with Crippen molar-refractivity contribution >= 4 is 36.0 Å². The lowest BCUT2D eigenvalue weighted by molar-refractivity contribution is -0.135. The zero-order chi connectivity index (χ0) is 22.4. The summed E-state index contributed by atoms with van der Waals surface area (Å²) >= 11 is 0. The number of guanidine groups is 1. The Balaban J connectivity index is 0.00000480. The number of likely N-dealkylation sites (tertiary alicyclic amines) is 1. The van der Waals surface area contributed by atoms with Crippen molar-refractivity contribution in [2.45, 2.75) is 83.5 Å². The highest BCUT2D eigenvalue weighted by Gasteiger charge is 2.35. The maximum Gasteiger partial charge on any atom is 0.410 e. The van der Waals surface area contributed by atoms with Gasteiger partial charge in [0.1, 0.15) is 5.60 Å². The SMILES string of the molecule is CN=C(NCCCCC(F)(F)F)N1CCC(N(CC2CC2)C(=O)OC(C)(C)C)CC1.I. The summed E-state index contributed by atoms with van der Waals surface area (Å²) in [6.07, 6.45) is -0.540. The molecule has 0 spiro atoms. The smallest absolute Gasteiger partial charge is 0.410 e. The number of unbranched alkanes of at least 4 members (excludes halogenated alkanes) is 1. The van der Waals surface area contributed by atoms with Crippen LogP contribution in [0.2, 0.25) is 0 Å². The molecule has 1 heterocycles. The van der Waals surface area contributed by atoms with Gasteiger partial charge in [0, 0.05) is 45.7 Å². The van der Waals surface area contributed by atoms with Gasteiger partial charge in [0.25, 0.3) is 0 Å². The highest BCUT2D eigenvalue weighted by molar-refractivity contribution is 14.0. The average Bonchev–Trinajstić information content (AvgIpc) is 3.45. The standard InChI is InChI=1S/C21H37F3N4O2.HI/c1-20(2,3)30-19(29)28(15-16-7-8-16)17-9-13-27(14-10-17)18(25-4)26-12-6-5-11-21(22,23)24;/h16-17H,5-15H2,1-4H3,(H,25,26);1H. The molecule has 1 aliphatic carbocycles. The Morgan fingerprint density at radius 3 is 2.23 bits per heavy atom. The Kier molecular flexibility index (Phi) is 11.2. The Morgan fingerprint density at radius 2 is 1.74 bits per heavy atom. The number of halogens is 4. The van der Waals surface area contributed by atoms with Gasteiger partial charge in [0.2, 0.25) is 0 Å². The number of hydrogen-bond acceptors (Lipinski definition) is 3. The third-order valence-electron chi connectivity index (χ3n) is 5.37. The van der Waals surface area contributed by atoms with Crippen LogP contribution in [-0.4, -0.2) is 72.9 Å². The van der Waals surface area contributed by atoms with Crippen molar-refractivity contribution in [1.82, 2.24) is 15.1 Å². The summed E-state index contributed by atoms with van der Waals surface area (Å²) < 4.78 is 42.4. The van der Waals surface area contributed by atoms with Gasteiger partial charge in [-0.15, -0.1) is 24.0 Å². The molecule has 182 valence electrons. The van der Waals surface area contributed by atoms with E-state index >= 15 is 0 Å². The molecule has 6 nitrogen and oxygen atoms in total. The minimum atomic E-state index is -4.09. The van der Waals surface area contributed by atoms with Crippen molar-refractivity contribution in [3.05, 3.63) is 0 Å². The number of nitrogens with zero attached hydrogens (tertiary/aromatic N) is 3. The lowest BCUT2D eigenvalue weighted by Crippen LogP contribution is -2.52. The fourth-order valence-electron chi connectivity index (χ4n) is 3.64. The summed E-state index contributed by atoms with van der Waals surface area (Å²) in [7, 11) is 1.68. The molecular formula is C21H38F3IN4O2. The van der Waals surface area contributed by atoms with Gasteiger partial charge in [-0.3, -0.25) is 4.99 Å². The van der Waals surface area contributed by atoms with E-state index in [1.807, 2.05) is 25.7 Å². The van der Waals surface area contributed by atoms with Crippen molar-refractivity contribution in [2.75, 3.05) is 33.2 Å². The molecule has 10 heteroatoms. The fraction of sp³-hybridized carbons (Fsp3) is 0.905. The number of carbonyl (C=O) groups is 1. The van der Waals surface area contributed by atoms with E-state index in [0.29, 0.717) is 24.8 Å². The van der Waals surface area contributed by atoms with E-state index in [2.05, 4.69) is 15.2 Å². The Bertz CT molecular complexity index is 584. The van der Waals surface area contributed by atoms with E-state index in [9.17, 15) is 18.0 Å². The molecule has 1 saturated carbocycles. The molecule has 2 rings (SSSR count). The average molecular weight is 562 g/mol. The summed E-state index contributed by atoms with van der Waals surface area (Å²) in [6.45, 7) is 8.36. The fourth-order valence-corrected chi connectivity index (χ4v) is 3.64. The molecule has 1 aliphatic heterocycles. The topological polar surface area (TPSA) is 57.2 Å². The number of rotatable bonds is 7. The number of aliphatic imine (C=N–C) groups is 1. The van der Waals surface area contributed by atoms with E-state index in [1.54, 1.807) is 7.05 Å². The number of hydrogen-bond donors (Lipinski definition) is 1. The molecule has 2 aliphatic rings. The van der Waals surface area contributed by atoms with Gasteiger partial charge in [0.15, 0.2) is 5.96 Å². The van der Waals surface area contributed by atoms with Crippen LogP contribution in [0.1, 0.15) is 65.7 Å². The molecule has 0 atom stereocenters. The van der Waals surface area contributed by atoms with Crippen LogP contribution in [0.15, 0.2) is 4.99 Å². The number of ether oxygens (including phenoxy) is 1. The molecule has 0 aromatic rings. The molecular weight excluding hydrogens is 524 g/mol. The van der Waals surface area contributed by atoms with Gasteiger partial charge in [-0.1, -0.05) is 0 Å². The molecule has 0 radical (unpaired) electrons. The monoisotopic (exact) mass is 562 g/mol. The first-order valence-corrected chi connectivity index (χ1v) is 11.0. The van der Waals surface area contributed by atoms with E-state index in [0.717, 1.165) is 32.5 Å². The maximum absolute atomic E-state index is 12.7. The van der Waals surface area contributed by atoms with Crippen LogP contribution in [0.3, 0.4) is 0 Å². The summed E-state index contributed by atoms with van der Waals surface area (Å²) in [4.78, 5) is 21.0. The van der Waals surface area contributed by atoms with Crippen LogP contribution in [0.5, 0.6) is 0 Å². The predicted molar refractivity (Wildman–Crippen MR) is 127 cm³/mol. The number of carbonyl (C=O) groups excluding carboxylic acids is 1. The second-order valence-electron chi connectivity index (χ2n) is 9.34. The molecule has 0 unspecified atom stereocenters. The first kappa shape index (κ1) is 28.1. The zero-order valence-corrected chi connectivity index (χ0v) is 21.5. The summed E-state index contributed by atoms with van der Waals surface area (Å²) in [6, 6.07) is 0.140. The van der Waals surface area contributed by atoms with Crippen LogP contribution in [-0.2, 0) is 4.74 Å². The van der Waals surface area contributed by atoms with Crippen LogP contribution in [0.25, 0.3) is 0 Å². The van der Waals surface area contributed by atoms with Crippen molar-refractivity contribution in [3.8, 4) is 0 Å². The van der Waals surface area contributed by atoms with E-state index in [-0.39, 0.29) is 42.5 Å². The molecule has 31 heavy (non-hydrogen) atoms. The second kappa shape index (κ2) is 12.3. The zero-order valence-electron chi connectivity index (χ0n) is 19.1. The molecule has 0 bridgehead atoms. The Morgan fingerprint density at radius 1 is 1.13 bits per heavy atom. The molecule has 1 amide bonds. The normalized spacial score (nSPS) is 18.4. The van der Waals surface area contributed by atoms with Crippen molar-refractivity contribution < 1.29 is 22.7 Å². The van der Waals surface area contributed by atoms with Crippen LogP contribution < -0.4 is 5.32 Å². The number of amides is 1. The largest absolute Gasteiger partial charge is 0.444 e. The summed E-state index contributed by atoms with van der Waals surface area (Å²) in [5, 5.41) is 3.17. The van der Waals surface area contributed by atoms with Crippen molar-refractivity contribution in [1.29, 1.82) is 0 Å². The van der Waals surface area contributed by atoms with E-state index in [1.165, 1.54) is 12.8 Å². The molecule has 1 saturated heterocycles. The maximum atomic E-state index is 12.7. The lowest BCUT2D eigenvalue weighted by Gasteiger charge is -2.40. The molecule has 0 aromatic carbocycles. The van der Waals surface area contributed by atoms with Crippen LogP contribution >= 0.6 is 24.0 Å². The van der Waals surface area contributed by atoms with Gasteiger partial charge in [-0.05, 0) is 65.2 Å². The van der Waals surface area contributed by atoms with Crippen LogP contribution in [0, 0.1) is 5.92 Å². The third kappa shape index (κ3) is 11.0. The highest BCUT2D eigenvalue weighted by atomic mass is 127. The van der Waals surface area contributed by atoms with E-state index in [4.69, 9.17) is 4.74 Å². The van der Waals surface area contributed by atoms with Gasteiger partial charge in [0.05, 0.1) is 0 Å². The van der Waals surface area contributed by atoms with Gasteiger partial charge in [-0.25, -0.2) is 4.79 Å². The summed E-state index contributed by atoms with van der Waals surface area (Å²) in [5.74, 6) is 1.30. The Labute approximate surface area is 201 Å². The van der Waals surface area contributed by atoms with Crippen molar-refractivity contribution in [2.24, 2.45) is 10.9 Å². The van der Waals surface area contributed by atoms with Crippen molar-refractivity contribution in [3.63, 3.8) is 0 Å². The molecule has 1 N–H and O–H groups in total. The number of nitrogens with one attached hydrogen (secondary N) is 1. The predicted octanol–water partition coefficient (Wildman–Crippen LogP) is 5.02. The second-order valence-corrected chi connectivity index (χ2v) is 9.34. The summed E-state index contributed by atoms with van der Waals surface area (Å²) in [5.41, 5.74) is -0.516. The third-order valence-corrected chi connectivity index (χ3v) is 5.37. The highest BCUT2D eigenvalue weighted by Crippen LogP contribution is 2.32. The quantitative estimate of drug-likeness (QED) is 0.205. The molecule has 2 fully saturated rings. The van der Waals surface area contributed by atoms with Gasteiger partial charge in [-0.2, -0.15) is 13.2 Å². The first-order chi connectivity index (χ1) is 14.0. The molecule has 0 aromatic heterocycles. The Hall–Kier alpha value is -0.940. The van der Waals surface area contributed by atoms with Gasteiger partial charge >= 0.3 is 12.3 Å². The van der Waals surface area contributed by atoms with E-state index < -0.39 is 18.2 Å². The van der Waals surface area contributed by atoms with Gasteiger partial charge < -0.3 is 19.9 Å². The number of piperidine rings is 1. The minimum absolute atomic E-state index is 0.